The maximum Gasteiger partial charge on any atom is 0.328 e. The lowest BCUT2D eigenvalue weighted by molar-refractivity contribution is 0.0780. The Balaban J connectivity index is 1.67. The Morgan fingerprint density at radius 3 is 2.59 bits per heavy atom. The molecule has 0 atom stereocenters. The molecule has 1 N–H and O–H groups in total. The minimum atomic E-state index is -0.665. The van der Waals surface area contributed by atoms with E-state index in [1.54, 1.807) is 37.3 Å². The van der Waals surface area contributed by atoms with Gasteiger partial charge in [0.05, 0.1) is 17.2 Å². The second-order valence-electron chi connectivity index (χ2n) is 8.45. The number of carbonyl (C=O) groups excluding carboxylic acids is 2. The van der Waals surface area contributed by atoms with Gasteiger partial charge in [-0.2, -0.15) is 5.26 Å². The lowest BCUT2D eigenvalue weighted by Crippen LogP contribution is -2.43. The molecule has 0 aliphatic heterocycles. The van der Waals surface area contributed by atoms with Crippen molar-refractivity contribution in [3.63, 3.8) is 0 Å². The van der Waals surface area contributed by atoms with Crippen LogP contribution in [-0.2, 0) is 0 Å². The Labute approximate surface area is 197 Å². The smallest absolute Gasteiger partial charge is 0.328 e. The third-order valence-electron chi connectivity index (χ3n) is 6.14. The van der Waals surface area contributed by atoms with Crippen LogP contribution < -0.4 is 5.32 Å². The monoisotopic (exact) mass is 460 g/mol. The number of hydrogen-bond donors (Lipinski definition) is 1. The predicted molar refractivity (Wildman–Crippen MR) is 124 cm³/mol. The van der Waals surface area contributed by atoms with Gasteiger partial charge in [0.1, 0.15) is 17.2 Å². The highest BCUT2D eigenvalue weighted by atomic mass is 19.1. The third-order valence-corrected chi connectivity index (χ3v) is 6.14. The molecule has 3 aromatic rings. The average molecular weight is 461 g/mol. The Morgan fingerprint density at radius 2 is 1.88 bits per heavy atom. The molecule has 0 radical (unpaired) electrons. The summed E-state index contributed by atoms with van der Waals surface area (Å²) in [5.41, 5.74) is 0.525. The second kappa shape index (κ2) is 10.3. The summed E-state index contributed by atoms with van der Waals surface area (Å²) in [7, 11) is 0. The van der Waals surface area contributed by atoms with E-state index >= 15 is 0 Å². The molecule has 0 unspecified atom stereocenters. The number of nitrogens with zero attached hydrogens (tertiary/aromatic N) is 3. The van der Waals surface area contributed by atoms with Gasteiger partial charge in [-0.05, 0) is 49.9 Å². The third kappa shape index (κ3) is 4.84. The van der Waals surface area contributed by atoms with Crippen molar-refractivity contribution in [3.8, 4) is 17.3 Å². The highest BCUT2D eigenvalue weighted by Crippen LogP contribution is 2.34. The number of halogens is 1. The van der Waals surface area contributed by atoms with Crippen LogP contribution in [0.5, 0.6) is 0 Å². The number of aromatic nitrogens is 1. The van der Waals surface area contributed by atoms with Crippen LogP contribution in [0.2, 0.25) is 0 Å². The molecule has 7 nitrogen and oxygen atoms in total. The topological polar surface area (TPSA) is 99.2 Å². The van der Waals surface area contributed by atoms with Crippen LogP contribution in [0, 0.1) is 30.0 Å². The van der Waals surface area contributed by atoms with E-state index in [0.29, 0.717) is 5.56 Å². The Kier molecular flexibility index (Phi) is 7.02. The van der Waals surface area contributed by atoms with Crippen molar-refractivity contribution in [1.82, 2.24) is 10.1 Å². The molecule has 0 bridgehead atoms. The fourth-order valence-corrected chi connectivity index (χ4v) is 4.34. The SMILES string of the molecule is Cc1onc(-c2c(F)cccc2C#N)c1NC(=O)N(CC1CCCCC1)C(=O)c1ccccc1. The lowest BCUT2D eigenvalue weighted by atomic mass is 9.89. The van der Waals surface area contributed by atoms with Crippen LogP contribution in [0.1, 0.15) is 53.8 Å². The minimum absolute atomic E-state index is 0.00489. The summed E-state index contributed by atoms with van der Waals surface area (Å²) in [6, 6.07) is 14.0. The number of urea groups is 1. The number of anilines is 1. The first-order valence-corrected chi connectivity index (χ1v) is 11.3. The van der Waals surface area contributed by atoms with Crippen molar-refractivity contribution < 1.29 is 18.5 Å². The van der Waals surface area contributed by atoms with E-state index in [0.717, 1.165) is 32.1 Å². The summed E-state index contributed by atoms with van der Waals surface area (Å²) in [5, 5.41) is 16.1. The highest BCUT2D eigenvalue weighted by molar-refractivity contribution is 6.09. The molecule has 1 saturated carbocycles. The van der Waals surface area contributed by atoms with Gasteiger partial charge in [0.2, 0.25) is 0 Å². The molecule has 34 heavy (non-hydrogen) atoms. The number of carbonyl (C=O) groups is 2. The molecule has 0 spiro atoms. The van der Waals surface area contributed by atoms with Gasteiger partial charge < -0.3 is 9.84 Å². The van der Waals surface area contributed by atoms with Crippen molar-refractivity contribution in [2.24, 2.45) is 5.92 Å². The minimum Gasteiger partial charge on any atom is -0.359 e. The van der Waals surface area contributed by atoms with E-state index in [1.165, 1.54) is 23.1 Å². The van der Waals surface area contributed by atoms with Gasteiger partial charge in [-0.25, -0.2) is 9.18 Å². The molecule has 3 amide bonds. The summed E-state index contributed by atoms with van der Waals surface area (Å²) < 4.78 is 19.9. The van der Waals surface area contributed by atoms with E-state index in [1.807, 2.05) is 6.07 Å². The van der Waals surface area contributed by atoms with Crippen molar-refractivity contribution in [3.05, 3.63) is 71.2 Å². The van der Waals surface area contributed by atoms with Crippen LogP contribution >= 0.6 is 0 Å². The van der Waals surface area contributed by atoms with E-state index in [2.05, 4.69) is 10.5 Å². The molecular formula is C26H25FN4O3. The van der Waals surface area contributed by atoms with E-state index in [4.69, 9.17) is 4.52 Å². The number of benzene rings is 2. The first-order chi connectivity index (χ1) is 16.5. The molecule has 1 fully saturated rings. The summed E-state index contributed by atoms with van der Waals surface area (Å²) in [4.78, 5) is 27.9. The lowest BCUT2D eigenvalue weighted by Gasteiger charge is -2.28. The number of imide groups is 1. The van der Waals surface area contributed by atoms with Crippen LogP contribution in [0.25, 0.3) is 11.3 Å². The quantitative estimate of drug-likeness (QED) is 0.510. The Bertz CT molecular complexity index is 1230. The molecule has 1 aliphatic carbocycles. The Hall–Kier alpha value is -3.99. The van der Waals surface area contributed by atoms with Crippen molar-refractivity contribution in [2.75, 3.05) is 11.9 Å². The molecule has 1 aliphatic rings. The molecule has 2 aromatic carbocycles. The number of amides is 3. The van der Waals surface area contributed by atoms with E-state index < -0.39 is 17.8 Å². The van der Waals surface area contributed by atoms with Gasteiger partial charge in [-0.1, -0.05) is 48.7 Å². The molecule has 8 heteroatoms. The first-order valence-electron chi connectivity index (χ1n) is 11.3. The van der Waals surface area contributed by atoms with Gasteiger partial charge in [0.15, 0.2) is 5.76 Å². The van der Waals surface area contributed by atoms with Gasteiger partial charge in [0, 0.05) is 12.1 Å². The summed E-state index contributed by atoms with van der Waals surface area (Å²) in [6.07, 6.45) is 5.19. The van der Waals surface area contributed by atoms with Gasteiger partial charge in [0.25, 0.3) is 5.91 Å². The largest absolute Gasteiger partial charge is 0.359 e. The van der Waals surface area contributed by atoms with Gasteiger partial charge in [-0.3, -0.25) is 9.69 Å². The molecule has 174 valence electrons. The Morgan fingerprint density at radius 1 is 1.15 bits per heavy atom. The standard InChI is InChI=1S/C26H25FN4O3/c1-17-23(24(30-34-17)22-20(15-28)13-8-14-21(22)27)29-26(33)31(16-18-9-4-2-5-10-18)25(32)19-11-6-3-7-12-19/h3,6-8,11-14,18H,2,4-5,9-10,16H2,1H3,(H,29,33). The second-order valence-corrected chi connectivity index (χ2v) is 8.45. The predicted octanol–water partition coefficient (Wildman–Crippen LogP) is 5.92. The first kappa shape index (κ1) is 23.2. The van der Waals surface area contributed by atoms with Gasteiger partial charge >= 0.3 is 6.03 Å². The highest BCUT2D eigenvalue weighted by Gasteiger charge is 2.30. The van der Waals surface area contributed by atoms with Crippen molar-refractivity contribution >= 4 is 17.6 Å². The molecule has 0 saturated heterocycles. The molecule has 1 heterocycles. The molecule has 4 rings (SSSR count). The number of nitrogens with one attached hydrogen (secondary N) is 1. The number of rotatable bonds is 5. The maximum atomic E-state index is 14.7. The van der Waals surface area contributed by atoms with Crippen LogP contribution in [0.4, 0.5) is 14.9 Å². The summed E-state index contributed by atoms with van der Waals surface area (Å²) in [5.74, 6) is -0.627. The van der Waals surface area contributed by atoms with Crippen LogP contribution in [-0.4, -0.2) is 28.5 Å². The maximum absolute atomic E-state index is 14.7. The number of aryl methyl sites for hydroxylation is 1. The zero-order chi connectivity index (χ0) is 24.1. The van der Waals surface area contributed by atoms with Crippen LogP contribution in [0.15, 0.2) is 53.1 Å². The van der Waals surface area contributed by atoms with Crippen molar-refractivity contribution in [2.45, 2.75) is 39.0 Å². The zero-order valence-electron chi connectivity index (χ0n) is 18.9. The zero-order valence-corrected chi connectivity index (χ0v) is 18.9. The summed E-state index contributed by atoms with van der Waals surface area (Å²) in [6.45, 7) is 1.85. The van der Waals surface area contributed by atoms with Crippen LogP contribution in [0.3, 0.4) is 0 Å². The number of hydrogen-bond acceptors (Lipinski definition) is 5. The average Bonchev–Trinajstić information content (AvgIpc) is 3.22. The van der Waals surface area contributed by atoms with Gasteiger partial charge in [-0.15, -0.1) is 0 Å². The molecule has 1 aromatic heterocycles. The molecular weight excluding hydrogens is 435 g/mol. The normalized spacial score (nSPS) is 13.8. The van der Waals surface area contributed by atoms with Crippen molar-refractivity contribution in [1.29, 1.82) is 5.26 Å². The summed E-state index contributed by atoms with van der Waals surface area (Å²) >= 11 is 0. The van der Waals surface area contributed by atoms with E-state index in [-0.39, 0.29) is 40.7 Å². The van der Waals surface area contributed by atoms with E-state index in [9.17, 15) is 19.2 Å². The number of nitriles is 1. The fourth-order valence-electron chi connectivity index (χ4n) is 4.34. The fraction of sp³-hybridized carbons (Fsp3) is 0.308.